The summed E-state index contributed by atoms with van der Waals surface area (Å²) in [5.41, 5.74) is 3.28. The van der Waals surface area contributed by atoms with Gasteiger partial charge in [0, 0.05) is 26.9 Å². The number of aromatic nitrogens is 1. The molecule has 0 amide bonds. The molecule has 2 aromatic carbocycles. The van der Waals surface area contributed by atoms with Crippen LogP contribution in [0.3, 0.4) is 0 Å². The number of hydrogen-bond donors (Lipinski definition) is 0. The number of hydrogen-bond acceptors (Lipinski definition) is 2. The first-order chi connectivity index (χ1) is 13.0. The van der Waals surface area contributed by atoms with Crippen molar-refractivity contribution in [2.24, 2.45) is 0 Å². The lowest BCUT2D eigenvalue weighted by Gasteiger charge is -2.11. The molecule has 0 radical (unpaired) electrons. The highest BCUT2D eigenvalue weighted by Crippen LogP contribution is 2.27. The molecule has 0 atom stereocenters. The number of benzene rings is 2. The van der Waals surface area contributed by atoms with E-state index in [0.29, 0.717) is 10.0 Å². The second-order valence-corrected chi connectivity index (χ2v) is 7.93. The van der Waals surface area contributed by atoms with Crippen LogP contribution in [0.5, 0.6) is 5.75 Å². The summed E-state index contributed by atoms with van der Waals surface area (Å²) < 4.78 is 8.98. The lowest BCUT2D eigenvalue weighted by molar-refractivity contribution is 0.355. The fraction of sp³-hybridized carbons (Fsp3) is 0.0455. The van der Waals surface area contributed by atoms with Crippen molar-refractivity contribution >= 4 is 38.1 Å². The molecule has 5 heteroatoms. The Morgan fingerprint density at radius 3 is 2.41 bits per heavy atom. The summed E-state index contributed by atoms with van der Waals surface area (Å²) in [5.74, 6) is 0.251. The normalized spacial score (nSPS) is 10.4. The SMILES string of the molecule is C=Cn1cc(OCC(=C)Br)c(=O)c(-c2cccc(-c3cccc(Br)c3)c2)c1. The molecule has 27 heavy (non-hydrogen) atoms. The lowest BCUT2D eigenvalue weighted by Crippen LogP contribution is -2.13. The molecule has 3 rings (SSSR count). The number of pyridine rings is 1. The van der Waals surface area contributed by atoms with Crippen LogP contribution >= 0.6 is 31.9 Å². The number of rotatable bonds is 6. The van der Waals surface area contributed by atoms with Gasteiger partial charge in [0.15, 0.2) is 5.75 Å². The van der Waals surface area contributed by atoms with Crippen LogP contribution in [0, 0.1) is 0 Å². The van der Waals surface area contributed by atoms with Crippen molar-refractivity contribution in [3.8, 4) is 28.0 Å². The quantitative estimate of drug-likeness (QED) is 0.407. The van der Waals surface area contributed by atoms with Gasteiger partial charge < -0.3 is 9.30 Å². The van der Waals surface area contributed by atoms with Crippen molar-refractivity contribution in [3.05, 3.63) is 93.3 Å². The molecule has 3 nitrogen and oxygen atoms in total. The van der Waals surface area contributed by atoms with Crippen molar-refractivity contribution < 1.29 is 4.74 Å². The first kappa shape index (κ1) is 19.4. The second kappa shape index (κ2) is 8.55. The zero-order chi connectivity index (χ0) is 19.4. The van der Waals surface area contributed by atoms with E-state index in [0.717, 1.165) is 21.2 Å². The predicted molar refractivity (Wildman–Crippen MR) is 119 cm³/mol. The summed E-state index contributed by atoms with van der Waals surface area (Å²) in [6.45, 7) is 7.73. The molecule has 0 fully saturated rings. The fourth-order valence-electron chi connectivity index (χ4n) is 2.68. The molecular formula is C22H17Br2NO2. The van der Waals surface area contributed by atoms with Gasteiger partial charge in [-0.3, -0.25) is 4.79 Å². The van der Waals surface area contributed by atoms with Gasteiger partial charge in [-0.15, -0.1) is 0 Å². The van der Waals surface area contributed by atoms with E-state index in [1.165, 1.54) is 0 Å². The van der Waals surface area contributed by atoms with Gasteiger partial charge in [-0.05, 0) is 34.9 Å². The Balaban J connectivity index is 2.09. The maximum absolute atomic E-state index is 12.9. The monoisotopic (exact) mass is 485 g/mol. The van der Waals surface area contributed by atoms with E-state index in [4.69, 9.17) is 4.74 Å². The molecule has 0 unspecified atom stereocenters. The highest BCUT2D eigenvalue weighted by Gasteiger charge is 2.12. The first-order valence-electron chi connectivity index (χ1n) is 8.18. The van der Waals surface area contributed by atoms with Crippen LogP contribution in [0.1, 0.15) is 0 Å². The molecule has 0 aliphatic carbocycles. The summed E-state index contributed by atoms with van der Waals surface area (Å²) in [5, 5.41) is 0. The third-order valence-electron chi connectivity index (χ3n) is 3.94. The average Bonchev–Trinajstić information content (AvgIpc) is 2.67. The molecule has 1 aromatic heterocycles. The largest absolute Gasteiger partial charge is 0.483 e. The Kier molecular flexibility index (Phi) is 6.14. The summed E-state index contributed by atoms with van der Waals surface area (Å²) in [7, 11) is 0. The molecule has 0 saturated heterocycles. The number of ether oxygens (including phenoxy) is 1. The van der Waals surface area contributed by atoms with Gasteiger partial charge in [0.25, 0.3) is 0 Å². The number of nitrogens with zero attached hydrogens (tertiary/aromatic N) is 1. The molecule has 0 aliphatic heterocycles. The van der Waals surface area contributed by atoms with E-state index in [-0.39, 0.29) is 17.8 Å². The van der Waals surface area contributed by atoms with Crippen LogP contribution in [-0.2, 0) is 0 Å². The Bertz CT molecular complexity index is 1070. The van der Waals surface area contributed by atoms with E-state index >= 15 is 0 Å². The Morgan fingerprint density at radius 2 is 1.74 bits per heavy atom. The van der Waals surface area contributed by atoms with Gasteiger partial charge in [0.2, 0.25) is 5.43 Å². The van der Waals surface area contributed by atoms with Crippen molar-refractivity contribution in [2.45, 2.75) is 0 Å². The molecule has 0 N–H and O–H groups in total. The minimum Gasteiger partial charge on any atom is -0.483 e. The minimum absolute atomic E-state index is 0.173. The Morgan fingerprint density at radius 1 is 1.07 bits per heavy atom. The summed E-state index contributed by atoms with van der Waals surface area (Å²) in [4.78, 5) is 12.9. The molecule has 136 valence electrons. The molecular weight excluding hydrogens is 470 g/mol. The van der Waals surface area contributed by atoms with E-state index in [9.17, 15) is 4.79 Å². The maximum atomic E-state index is 12.9. The van der Waals surface area contributed by atoms with E-state index in [1.807, 2.05) is 48.5 Å². The zero-order valence-corrected chi connectivity index (χ0v) is 17.7. The Hall–Kier alpha value is -2.37. The first-order valence-corrected chi connectivity index (χ1v) is 9.77. The number of halogens is 2. The van der Waals surface area contributed by atoms with Crippen LogP contribution in [0.25, 0.3) is 28.5 Å². The fourth-order valence-corrected chi connectivity index (χ4v) is 3.19. The highest BCUT2D eigenvalue weighted by atomic mass is 79.9. The molecule has 0 saturated carbocycles. The predicted octanol–water partition coefficient (Wildman–Crippen LogP) is 6.33. The van der Waals surface area contributed by atoms with Crippen molar-refractivity contribution in [2.75, 3.05) is 6.61 Å². The smallest absolute Gasteiger partial charge is 0.231 e. The summed E-state index contributed by atoms with van der Waals surface area (Å²) in [6, 6.07) is 15.9. The van der Waals surface area contributed by atoms with Crippen molar-refractivity contribution in [3.63, 3.8) is 0 Å². The topological polar surface area (TPSA) is 31.2 Å². The summed E-state index contributed by atoms with van der Waals surface area (Å²) in [6.07, 6.45) is 5.00. The molecule has 0 aliphatic rings. The van der Waals surface area contributed by atoms with Gasteiger partial charge in [0.1, 0.15) is 6.61 Å². The molecule has 1 heterocycles. The van der Waals surface area contributed by atoms with Crippen LogP contribution in [-0.4, -0.2) is 11.2 Å². The van der Waals surface area contributed by atoms with Gasteiger partial charge >= 0.3 is 0 Å². The zero-order valence-electron chi connectivity index (χ0n) is 14.5. The minimum atomic E-state index is -0.173. The van der Waals surface area contributed by atoms with Crippen LogP contribution in [0.2, 0.25) is 0 Å². The van der Waals surface area contributed by atoms with Crippen molar-refractivity contribution in [1.29, 1.82) is 0 Å². The molecule has 0 bridgehead atoms. The van der Waals surface area contributed by atoms with Gasteiger partial charge in [-0.1, -0.05) is 75.3 Å². The molecule has 0 spiro atoms. The average molecular weight is 487 g/mol. The van der Waals surface area contributed by atoms with Crippen LogP contribution < -0.4 is 10.2 Å². The van der Waals surface area contributed by atoms with E-state index in [1.54, 1.807) is 23.2 Å². The third-order valence-corrected chi connectivity index (χ3v) is 4.66. The lowest BCUT2D eigenvalue weighted by atomic mass is 9.99. The van der Waals surface area contributed by atoms with Crippen LogP contribution in [0.15, 0.2) is 87.8 Å². The molecule has 3 aromatic rings. The maximum Gasteiger partial charge on any atom is 0.231 e. The van der Waals surface area contributed by atoms with Gasteiger partial charge in [-0.2, -0.15) is 0 Å². The van der Waals surface area contributed by atoms with E-state index in [2.05, 4.69) is 45.0 Å². The third kappa shape index (κ3) is 4.67. The summed E-state index contributed by atoms with van der Waals surface area (Å²) >= 11 is 6.74. The van der Waals surface area contributed by atoms with E-state index < -0.39 is 0 Å². The van der Waals surface area contributed by atoms with Gasteiger partial charge in [-0.25, -0.2) is 0 Å². The second-order valence-electron chi connectivity index (χ2n) is 5.89. The Labute approximate surface area is 174 Å². The standard InChI is InChI=1S/C22H17Br2NO2/c1-3-25-12-20(22(26)21(13-25)27-14-15(2)23)18-8-4-6-16(10-18)17-7-5-9-19(24)11-17/h3-13H,1-2,14H2. The van der Waals surface area contributed by atoms with Crippen LogP contribution in [0.4, 0.5) is 0 Å². The highest BCUT2D eigenvalue weighted by molar-refractivity contribution is 9.11. The van der Waals surface area contributed by atoms with Gasteiger partial charge in [0.05, 0.1) is 6.20 Å². The van der Waals surface area contributed by atoms with Crippen molar-refractivity contribution in [1.82, 2.24) is 4.57 Å².